The molecule has 72 valence electrons. The van der Waals surface area contributed by atoms with Gasteiger partial charge in [-0.1, -0.05) is 19.8 Å². The van der Waals surface area contributed by atoms with Crippen LogP contribution in [0.25, 0.3) is 0 Å². The average Bonchev–Trinajstić information content (AvgIpc) is 2.71. The summed E-state index contributed by atoms with van der Waals surface area (Å²) in [5, 5.41) is 4.58. The SMILES string of the molecule is CCc1cn(C2CCCC2)nc1C. The van der Waals surface area contributed by atoms with Gasteiger partial charge in [-0.25, -0.2) is 0 Å². The number of hydrogen-bond donors (Lipinski definition) is 0. The van der Waals surface area contributed by atoms with Gasteiger partial charge in [0, 0.05) is 6.20 Å². The quantitative estimate of drug-likeness (QED) is 0.681. The number of rotatable bonds is 2. The molecule has 1 aromatic heterocycles. The predicted molar refractivity (Wildman–Crippen MR) is 53.8 cm³/mol. The molecule has 0 aromatic carbocycles. The Kier molecular flexibility index (Phi) is 2.38. The first-order valence-corrected chi connectivity index (χ1v) is 5.36. The molecule has 1 aromatic rings. The first-order valence-electron chi connectivity index (χ1n) is 5.36. The number of aromatic nitrogens is 2. The van der Waals surface area contributed by atoms with E-state index in [0.717, 1.165) is 6.42 Å². The first kappa shape index (κ1) is 8.79. The molecule has 1 fully saturated rings. The molecule has 1 aliphatic carbocycles. The van der Waals surface area contributed by atoms with Crippen LogP contribution in [0, 0.1) is 6.92 Å². The fraction of sp³-hybridized carbons (Fsp3) is 0.727. The Hall–Kier alpha value is -0.790. The minimum Gasteiger partial charge on any atom is -0.269 e. The molecule has 0 aliphatic heterocycles. The van der Waals surface area contributed by atoms with Crippen molar-refractivity contribution in [1.82, 2.24) is 9.78 Å². The lowest BCUT2D eigenvalue weighted by molar-refractivity contribution is 0.464. The van der Waals surface area contributed by atoms with Crippen LogP contribution in [0.15, 0.2) is 6.20 Å². The molecule has 13 heavy (non-hydrogen) atoms. The van der Waals surface area contributed by atoms with E-state index in [-0.39, 0.29) is 0 Å². The van der Waals surface area contributed by atoms with E-state index in [4.69, 9.17) is 0 Å². The van der Waals surface area contributed by atoms with Crippen LogP contribution in [0.5, 0.6) is 0 Å². The van der Waals surface area contributed by atoms with E-state index < -0.39 is 0 Å². The molecule has 0 spiro atoms. The van der Waals surface area contributed by atoms with Gasteiger partial charge in [-0.3, -0.25) is 4.68 Å². The zero-order chi connectivity index (χ0) is 9.26. The van der Waals surface area contributed by atoms with Gasteiger partial charge in [0.2, 0.25) is 0 Å². The maximum Gasteiger partial charge on any atom is 0.0625 e. The minimum absolute atomic E-state index is 0.694. The summed E-state index contributed by atoms with van der Waals surface area (Å²) in [6.45, 7) is 4.31. The van der Waals surface area contributed by atoms with Crippen molar-refractivity contribution in [2.75, 3.05) is 0 Å². The fourth-order valence-electron chi connectivity index (χ4n) is 2.22. The van der Waals surface area contributed by atoms with Crippen molar-refractivity contribution in [2.45, 2.75) is 52.0 Å². The van der Waals surface area contributed by atoms with Crippen molar-refractivity contribution in [3.05, 3.63) is 17.5 Å². The highest BCUT2D eigenvalue weighted by Crippen LogP contribution is 2.29. The number of hydrogen-bond acceptors (Lipinski definition) is 1. The van der Waals surface area contributed by atoms with Gasteiger partial charge in [-0.05, 0) is 31.7 Å². The molecular weight excluding hydrogens is 160 g/mol. The van der Waals surface area contributed by atoms with Crippen molar-refractivity contribution in [3.63, 3.8) is 0 Å². The predicted octanol–water partition coefficient (Wildman–Crippen LogP) is 2.87. The molecule has 0 radical (unpaired) electrons. The topological polar surface area (TPSA) is 17.8 Å². The second kappa shape index (κ2) is 3.52. The fourth-order valence-corrected chi connectivity index (χ4v) is 2.22. The van der Waals surface area contributed by atoms with Gasteiger partial charge in [0.1, 0.15) is 0 Å². The van der Waals surface area contributed by atoms with Crippen molar-refractivity contribution < 1.29 is 0 Å². The van der Waals surface area contributed by atoms with Crippen LogP contribution in [0.3, 0.4) is 0 Å². The second-order valence-electron chi connectivity index (χ2n) is 4.01. The van der Waals surface area contributed by atoms with Gasteiger partial charge in [0.05, 0.1) is 11.7 Å². The van der Waals surface area contributed by atoms with Crippen LogP contribution in [0.2, 0.25) is 0 Å². The lowest BCUT2D eigenvalue weighted by Crippen LogP contribution is -2.04. The highest BCUT2D eigenvalue weighted by Gasteiger charge is 2.18. The smallest absolute Gasteiger partial charge is 0.0625 e. The van der Waals surface area contributed by atoms with Crippen LogP contribution in [-0.4, -0.2) is 9.78 Å². The summed E-state index contributed by atoms with van der Waals surface area (Å²) in [5.41, 5.74) is 2.63. The third-order valence-corrected chi connectivity index (χ3v) is 3.10. The standard InChI is InChI=1S/C11H18N2/c1-3-10-8-13(12-9(10)2)11-6-4-5-7-11/h8,11H,3-7H2,1-2H3. The summed E-state index contributed by atoms with van der Waals surface area (Å²) in [5.74, 6) is 0. The van der Waals surface area contributed by atoms with E-state index in [1.807, 2.05) is 0 Å². The average molecular weight is 178 g/mol. The van der Waals surface area contributed by atoms with Gasteiger partial charge in [-0.2, -0.15) is 5.10 Å². The normalized spacial score (nSPS) is 18.3. The highest BCUT2D eigenvalue weighted by molar-refractivity contribution is 5.15. The number of aryl methyl sites for hydroxylation is 2. The summed E-state index contributed by atoms with van der Waals surface area (Å²) in [6.07, 6.45) is 8.76. The van der Waals surface area contributed by atoms with Crippen molar-refractivity contribution in [3.8, 4) is 0 Å². The molecule has 2 rings (SSSR count). The van der Waals surface area contributed by atoms with Gasteiger partial charge in [0.15, 0.2) is 0 Å². The molecule has 2 heteroatoms. The Bertz CT molecular complexity index is 282. The monoisotopic (exact) mass is 178 g/mol. The maximum atomic E-state index is 4.58. The highest BCUT2D eigenvalue weighted by atomic mass is 15.3. The Labute approximate surface area is 80.0 Å². The lowest BCUT2D eigenvalue weighted by atomic mass is 10.2. The summed E-state index contributed by atoms with van der Waals surface area (Å²) in [4.78, 5) is 0. The molecule has 1 heterocycles. The second-order valence-corrected chi connectivity index (χ2v) is 4.01. The third-order valence-electron chi connectivity index (χ3n) is 3.10. The van der Waals surface area contributed by atoms with E-state index in [2.05, 4.69) is 29.8 Å². The van der Waals surface area contributed by atoms with E-state index in [1.54, 1.807) is 0 Å². The Balaban J connectivity index is 2.20. The zero-order valence-corrected chi connectivity index (χ0v) is 8.58. The van der Waals surface area contributed by atoms with Crippen LogP contribution in [0.4, 0.5) is 0 Å². The molecule has 1 saturated carbocycles. The Morgan fingerprint density at radius 1 is 1.46 bits per heavy atom. The molecular formula is C11H18N2. The molecule has 0 N–H and O–H groups in total. The van der Waals surface area contributed by atoms with Gasteiger partial charge in [0.25, 0.3) is 0 Å². The maximum absolute atomic E-state index is 4.58. The van der Waals surface area contributed by atoms with Crippen molar-refractivity contribution >= 4 is 0 Å². The summed E-state index contributed by atoms with van der Waals surface area (Å²) >= 11 is 0. The van der Waals surface area contributed by atoms with E-state index in [9.17, 15) is 0 Å². The van der Waals surface area contributed by atoms with Crippen molar-refractivity contribution in [1.29, 1.82) is 0 Å². The van der Waals surface area contributed by atoms with Crippen molar-refractivity contribution in [2.24, 2.45) is 0 Å². The van der Waals surface area contributed by atoms with Crippen LogP contribution < -0.4 is 0 Å². The van der Waals surface area contributed by atoms with Gasteiger partial charge >= 0.3 is 0 Å². The molecule has 0 saturated heterocycles. The van der Waals surface area contributed by atoms with Gasteiger partial charge < -0.3 is 0 Å². The first-order chi connectivity index (χ1) is 6.31. The molecule has 1 aliphatic rings. The van der Waals surface area contributed by atoms with E-state index >= 15 is 0 Å². The Morgan fingerprint density at radius 3 is 2.69 bits per heavy atom. The molecule has 0 atom stereocenters. The van der Waals surface area contributed by atoms with E-state index in [0.29, 0.717) is 6.04 Å². The summed E-state index contributed by atoms with van der Waals surface area (Å²) in [7, 11) is 0. The van der Waals surface area contributed by atoms with Crippen LogP contribution >= 0.6 is 0 Å². The van der Waals surface area contributed by atoms with Crippen LogP contribution in [-0.2, 0) is 6.42 Å². The molecule has 0 bridgehead atoms. The zero-order valence-electron chi connectivity index (χ0n) is 8.58. The number of nitrogens with zero attached hydrogens (tertiary/aromatic N) is 2. The van der Waals surface area contributed by atoms with Gasteiger partial charge in [-0.15, -0.1) is 0 Å². The third kappa shape index (κ3) is 1.62. The largest absolute Gasteiger partial charge is 0.269 e. The lowest BCUT2D eigenvalue weighted by Gasteiger charge is -2.08. The van der Waals surface area contributed by atoms with E-state index in [1.165, 1.54) is 36.9 Å². The molecule has 2 nitrogen and oxygen atoms in total. The minimum atomic E-state index is 0.694. The molecule has 0 amide bonds. The summed E-state index contributed by atoms with van der Waals surface area (Å²) < 4.78 is 2.20. The Morgan fingerprint density at radius 2 is 2.15 bits per heavy atom. The summed E-state index contributed by atoms with van der Waals surface area (Å²) in [6, 6.07) is 0.694. The molecule has 0 unspecified atom stereocenters. The van der Waals surface area contributed by atoms with Crippen LogP contribution in [0.1, 0.15) is 49.9 Å².